The van der Waals surface area contributed by atoms with Crippen molar-refractivity contribution in [1.29, 1.82) is 0 Å². The maximum absolute atomic E-state index is 6.03. The van der Waals surface area contributed by atoms with E-state index in [-0.39, 0.29) is 5.54 Å². The molecule has 0 heterocycles. The van der Waals surface area contributed by atoms with Crippen LogP contribution in [0.4, 0.5) is 0 Å². The van der Waals surface area contributed by atoms with Crippen molar-refractivity contribution in [2.45, 2.75) is 71.3 Å². The van der Waals surface area contributed by atoms with E-state index >= 15 is 0 Å². The van der Waals surface area contributed by atoms with E-state index in [1.165, 1.54) is 38.5 Å². The summed E-state index contributed by atoms with van der Waals surface area (Å²) in [5, 5.41) is 0. The third-order valence-corrected chi connectivity index (χ3v) is 5.34. The first kappa shape index (κ1) is 11.6. The van der Waals surface area contributed by atoms with Crippen LogP contribution >= 0.6 is 0 Å². The van der Waals surface area contributed by atoms with E-state index in [0.717, 1.165) is 18.2 Å². The Morgan fingerprint density at radius 3 is 2.18 bits per heavy atom. The molecule has 0 aromatic rings. The van der Waals surface area contributed by atoms with Gasteiger partial charge in [0.05, 0.1) is 11.4 Å². The zero-order chi connectivity index (χ0) is 12.3. The Bertz CT molecular complexity index is 353. The van der Waals surface area contributed by atoms with Crippen LogP contribution in [0, 0.1) is 16.7 Å². The smallest absolute Gasteiger partial charge is 0.0941 e. The van der Waals surface area contributed by atoms with Gasteiger partial charge in [-0.05, 0) is 55.3 Å². The van der Waals surface area contributed by atoms with Gasteiger partial charge in [-0.15, -0.1) is 0 Å². The molecule has 96 valence electrons. The van der Waals surface area contributed by atoms with Gasteiger partial charge in [0.15, 0.2) is 0 Å². The molecule has 17 heavy (non-hydrogen) atoms. The first-order valence-electron chi connectivity index (χ1n) is 7.20. The van der Waals surface area contributed by atoms with Gasteiger partial charge in [-0.2, -0.15) is 0 Å². The SMILES string of the molecule is CCC(N)=NC12CC3CC(C)(CC(C)(C3)C1)C2. The molecular formula is C15H26N2. The van der Waals surface area contributed by atoms with Crippen LogP contribution in [-0.2, 0) is 0 Å². The highest BCUT2D eigenvalue weighted by Crippen LogP contribution is 2.67. The zero-order valence-corrected chi connectivity index (χ0v) is 11.6. The number of hydrogen-bond acceptors (Lipinski definition) is 1. The molecule has 4 bridgehead atoms. The molecule has 0 aromatic heterocycles. The van der Waals surface area contributed by atoms with E-state index < -0.39 is 0 Å². The van der Waals surface area contributed by atoms with Gasteiger partial charge < -0.3 is 5.73 Å². The largest absolute Gasteiger partial charge is 0.387 e. The highest BCUT2D eigenvalue weighted by molar-refractivity contribution is 5.80. The van der Waals surface area contributed by atoms with Crippen LogP contribution in [0.5, 0.6) is 0 Å². The Hall–Kier alpha value is -0.530. The molecule has 0 amide bonds. The molecule has 4 aliphatic carbocycles. The summed E-state index contributed by atoms with van der Waals surface area (Å²) in [6, 6.07) is 0. The molecule has 0 aliphatic heterocycles. The number of nitrogens with zero attached hydrogens (tertiary/aromatic N) is 1. The molecule has 2 unspecified atom stereocenters. The van der Waals surface area contributed by atoms with Crippen molar-refractivity contribution in [2.75, 3.05) is 0 Å². The van der Waals surface area contributed by atoms with E-state index in [1.54, 1.807) is 0 Å². The van der Waals surface area contributed by atoms with Gasteiger partial charge in [0.2, 0.25) is 0 Å². The number of rotatable bonds is 2. The van der Waals surface area contributed by atoms with Crippen molar-refractivity contribution in [2.24, 2.45) is 27.5 Å². The molecule has 2 atom stereocenters. The summed E-state index contributed by atoms with van der Waals surface area (Å²) >= 11 is 0. The van der Waals surface area contributed by atoms with Crippen molar-refractivity contribution in [3.8, 4) is 0 Å². The minimum atomic E-state index is 0.211. The van der Waals surface area contributed by atoms with Crippen LogP contribution < -0.4 is 5.73 Å². The van der Waals surface area contributed by atoms with Crippen LogP contribution in [0.15, 0.2) is 4.99 Å². The fourth-order valence-electron chi connectivity index (χ4n) is 5.90. The summed E-state index contributed by atoms with van der Waals surface area (Å²) in [4.78, 5) is 4.97. The third-order valence-electron chi connectivity index (χ3n) is 5.34. The summed E-state index contributed by atoms with van der Waals surface area (Å²) in [5.74, 6) is 1.79. The second kappa shape index (κ2) is 3.27. The fourth-order valence-corrected chi connectivity index (χ4v) is 5.90. The van der Waals surface area contributed by atoms with E-state index in [9.17, 15) is 0 Å². The number of aliphatic imine (C=N–C) groups is 1. The predicted octanol–water partition coefficient (Wildman–Crippen LogP) is 3.50. The molecule has 4 aliphatic rings. The van der Waals surface area contributed by atoms with Gasteiger partial charge in [-0.3, -0.25) is 4.99 Å². The molecule has 0 aromatic carbocycles. The lowest BCUT2D eigenvalue weighted by Gasteiger charge is -2.64. The van der Waals surface area contributed by atoms with Crippen molar-refractivity contribution in [3.05, 3.63) is 0 Å². The van der Waals surface area contributed by atoms with E-state index in [0.29, 0.717) is 10.8 Å². The van der Waals surface area contributed by atoms with Crippen LogP contribution in [-0.4, -0.2) is 11.4 Å². The predicted molar refractivity (Wildman–Crippen MR) is 72.1 cm³/mol. The highest BCUT2D eigenvalue weighted by atomic mass is 15.0. The fraction of sp³-hybridized carbons (Fsp3) is 0.933. The third kappa shape index (κ3) is 1.80. The van der Waals surface area contributed by atoms with Crippen LogP contribution in [0.3, 0.4) is 0 Å². The van der Waals surface area contributed by atoms with E-state index in [2.05, 4.69) is 20.8 Å². The average molecular weight is 234 g/mol. The summed E-state index contributed by atoms with van der Waals surface area (Å²) in [6.45, 7) is 7.09. The quantitative estimate of drug-likeness (QED) is 0.576. The lowest BCUT2D eigenvalue weighted by atomic mass is 9.43. The van der Waals surface area contributed by atoms with Crippen molar-refractivity contribution in [3.63, 3.8) is 0 Å². The summed E-state index contributed by atoms with van der Waals surface area (Å²) in [5.41, 5.74) is 7.34. The summed E-state index contributed by atoms with van der Waals surface area (Å²) < 4.78 is 0. The van der Waals surface area contributed by atoms with E-state index in [1.807, 2.05) is 0 Å². The summed E-state index contributed by atoms with van der Waals surface area (Å²) in [7, 11) is 0. The van der Waals surface area contributed by atoms with Gasteiger partial charge in [-0.25, -0.2) is 0 Å². The topological polar surface area (TPSA) is 38.4 Å². The number of amidine groups is 1. The Morgan fingerprint density at radius 2 is 1.71 bits per heavy atom. The molecule has 0 radical (unpaired) electrons. The van der Waals surface area contributed by atoms with Gasteiger partial charge in [0.25, 0.3) is 0 Å². The minimum Gasteiger partial charge on any atom is -0.387 e. The monoisotopic (exact) mass is 234 g/mol. The molecule has 0 saturated heterocycles. The van der Waals surface area contributed by atoms with Crippen molar-refractivity contribution < 1.29 is 0 Å². The average Bonchev–Trinajstić information content (AvgIpc) is 2.10. The second-order valence-electron chi connectivity index (χ2n) is 7.81. The van der Waals surface area contributed by atoms with Gasteiger partial charge in [0, 0.05) is 6.42 Å². The Balaban J connectivity index is 1.97. The molecule has 4 fully saturated rings. The Morgan fingerprint density at radius 1 is 1.12 bits per heavy atom. The maximum atomic E-state index is 6.03. The molecule has 2 N–H and O–H groups in total. The molecule has 2 heteroatoms. The minimum absolute atomic E-state index is 0.211. The van der Waals surface area contributed by atoms with Crippen LogP contribution in [0.25, 0.3) is 0 Å². The zero-order valence-electron chi connectivity index (χ0n) is 11.6. The highest BCUT2D eigenvalue weighted by Gasteiger charge is 2.60. The molecule has 4 rings (SSSR count). The first-order chi connectivity index (χ1) is 7.86. The molecule has 4 saturated carbocycles. The van der Waals surface area contributed by atoms with Crippen LogP contribution in [0.2, 0.25) is 0 Å². The second-order valence-corrected chi connectivity index (χ2v) is 7.81. The lowest BCUT2D eigenvalue weighted by molar-refractivity contribution is -0.104. The number of hydrogen-bond donors (Lipinski definition) is 1. The lowest BCUT2D eigenvalue weighted by Crippen LogP contribution is -2.58. The Labute approximate surface area is 105 Å². The summed E-state index contributed by atoms with van der Waals surface area (Å²) in [6.07, 6.45) is 9.07. The normalized spacial score (nSPS) is 53.1. The van der Waals surface area contributed by atoms with E-state index in [4.69, 9.17) is 10.7 Å². The van der Waals surface area contributed by atoms with Gasteiger partial charge >= 0.3 is 0 Å². The van der Waals surface area contributed by atoms with Crippen molar-refractivity contribution >= 4 is 5.84 Å². The van der Waals surface area contributed by atoms with Crippen LogP contribution in [0.1, 0.15) is 65.7 Å². The Kier molecular flexibility index (Phi) is 2.22. The number of nitrogens with two attached hydrogens (primary N) is 1. The van der Waals surface area contributed by atoms with Gasteiger partial charge in [0.1, 0.15) is 0 Å². The van der Waals surface area contributed by atoms with Crippen molar-refractivity contribution in [1.82, 2.24) is 0 Å². The molecule has 2 nitrogen and oxygen atoms in total. The standard InChI is InChI=1S/C15H26N2/c1-4-12(16)17-15-7-11-5-13(2,9-15)8-14(3,6-11)10-15/h11H,4-10H2,1-3H3,(H2,16,17). The molecule has 0 spiro atoms. The van der Waals surface area contributed by atoms with Gasteiger partial charge in [-0.1, -0.05) is 20.8 Å². The first-order valence-corrected chi connectivity index (χ1v) is 7.20. The maximum Gasteiger partial charge on any atom is 0.0941 e. The molecular weight excluding hydrogens is 208 g/mol.